The average Bonchev–Trinajstić information content (AvgIpc) is 3.23. The largest absolute Gasteiger partial charge is 0.378 e. The second kappa shape index (κ2) is 8.16. The van der Waals surface area contributed by atoms with Gasteiger partial charge in [0.05, 0.1) is 31.0 Å². The van der Waals surface area contributed by atoms with Crippen molar-refractivity contribution >= 4 is 28.4 Å². The molecule has 0 aliphatic carbocycles. The number of anilines is 2. The predicted octanol–water partition coefficient (Wildman–Crippen LogP) is 2.00. The Hall–Kier alpha value is -3.44. The average molecular weight is 449 g/mol. The van der Waals surface area contributed by atoms with Crippen molar-refractivity contribution < 1.29 is 9.13 Å². The number of hydrogen-bond acceptors (Lipinski definition) is 9. The van der Waals surface area contributed by atoms with Gasteiger partial charge in [-0.15, -0.1) is 5.10 Å². The number of nitrogens with one attached hydrogen (secondary N) is 2. The second-order valence-electron chi connectivity index (χ2n) is 8.39. The van der Waals surface area contributed by atoms with Crippen LogP contribution in [0.15, 0.2) is 36.8 Å². The molecule has 170 valence electrons. The highest BCUT2D eigenvalue weighted by molar-refractivity contribution is 5.89. The van der Waals surface area contributed by atoms with Gasteiger partial charge in [-0.25, -0.2) is 18.9 Å². The van der Waals surface area contributed by atoms with E-state index >= 15 is 0 Å². The number of alkyl halides is 1. The number of likely N-dealkylation sites (tertiary alicyclic amines) is 1. The van der Waals surface area contributed by atoms with Crippen LogP contribution in [0.1, 0.15) is 6.42 Å². The van der Waals surface area contributed by atoms with Crippen LogP contribution in [0, 0.1) is 0 Å². The van der Waals surface area contributed by atoms with Crippen LogP contribution in [0.2, 0.25) is 0 Å². The van der Waals surface area contributed by atoms with E-state index in [0.717, 1.165) is 28.8 Å². The maximum absolute atomic E-state index is 14.9. The van der Waals surface area contributed by atoms with Crippen molar-refractivity contribution in [3.05, 3.63) is 36.8 Å². The van der Waals surface area contributed by atoms with Gasteiger partial charge in [0, 0.05) is 44.3 Å². The summed E-state index contributed by atoms with van der Waals surface area (Å²) in [6, 6.07) is 5.76. The van der Waals surface area contributed by atoms with Crippen molar-refractivity contribution in [1.82, 2.24) is 34.4 Å². The molecule has 2 N–H and O–H groups in total. The van der Waals surface area contributed by atoms with Gasteiger partial charge in [0.1, 0.15) is 17.2 Å². The Balaban J connectivity index is 1.28. The maximum Gasteiger partial charge on any atom is 0.243 e. The fraction of sp³-hybridized carbons (Fsp3) is 0.409. The molecule has 4 aromatic rings. The number of nitrogens with zero attached hydrogens (tertiary/aromatic N) is 7. The summed E-state index contributed by atoms with van der Waals surface area (Å²) in [6.45, 7) is 2.63. The molecule has 0 aromatic carbocycles. The van der Waals surface area contributed by atoms with E-state index in [2.05, 4.69) is 40.6 Å². The minimum absolute atomic E-state index is 0.333. The summed E-state index contributed by atoms with van der Waals surface area (Å²) in [5, 5.41) is 11.0. The summed E-state index contributed by atoms with van der Waals surface area (Å²) < 4.78 is 21.9. The molecular formula is C22H24FN9O. The van der Waals surface area contributed by atoms with Gasteiger partial charge in [0.25, 0.3) is 0 Å². The van der Waals surface area contributed by atoms with Gasteiger partial charge < -0.3 is 15.4 Å². The Morgan fingerprint density at radius 1 is 1.12 bits per heavy atom. The van der Waals surface area contributed by atoms with Crippen molar-refractivity contribution in [2.45, 2.75) is 24.7 Å². The first-order valence-corrected chi connectivity index (χ1v) is 11.1. The lowest BCUT2D eigenvalue weighted by molar-refractivity contribution is -0.0794. The molecule has 33 heavy (non-hydrogen) atoms. The van der Waals surface area contributed by atoms with Crippen molar-refractivity contribution in [2.75, 3.05) is 44.0 Å². The van der Waals surface area contributed by atoms with Crippen molar-refractivity contribution in [3.8, 4) is 11.3 Å². The molecule has 2 aliphatic rings. The third-order valence-electron chi connectivity index (χ3n) is 6.38. The molecule has 0 saturated carbocycles. The van der Waals surface area contributed by atoms with Gasteiger partial charge in [0.15, 0.2) is 11.5 Å². The van der Waals surface area contributed by atoms with Crippen molar-refractivity contribution in [3.63, 3.8) is 0 Å². The van der Waals surface area contributed by atoms with E-state index in [0.29, 0.717) is 49.6 Å². The molecule has 4 aromatic heterocycles. The maximum atomic E-state index is 14.9. The van der Waals surface area contributed by atoms with E-state index in [-0.39, 0.29) is 6.04 Å². The lowest BCUT2D eigenvalue weighted by atomic mass is 10.0. The standard InChI is InChI=1S/C22H24FN9O/c1-24-21-19-14(16-2-3-18-20(27-16)26-7-6-25-18)4-9-32(19)30-22(29-21)28-17-5-8-31(10-15(17)23)13-11-33-12-13/h2-4,6-7,9,13,15,17H,5,8,10-12H2,1H3,(H2,24,28,29,30)/t15-,17-/m1/s1. The molecule has 0 amide bonds. The zero-order valence-electron chi connectivity index (χ0n) is 18.1. The molecule has 2 fully saturated rings. The molecule has 10 nitrogen and oxygen atoms in total. The highest BCUT2D eigenvalue weighted by Gasteiger charge is 2.35. The minimum atomic E-state index is -1.00. The fourth-order valence-corrected chi connectivity index (χ4v) is 4.49. The van der Waals surface area contributed by atoms with Crippen molar-refractivity contribution in [1.29, 1.82) is 0 Å². The molecule has 11 heteroatoms. The number of hydrogen-bond donors (Lipinski definition) is 2. The Morgan fingerprint density at radius 3 is 2.79 bits per heavy atom. The number of aromatic nitrogens is 6. The number of fused-ring (bicyclic) bond motifs is 2. The Kier molecular flexibility index (Phi) is 4.99. The van der Waals surface area contributed by atoms with Crippen LogP contribution in [0.4, 0.5) is 16.2 Å². The molecule has 0 spiro atoms. The number of halogens is 1. The monoisotopic (exact) mass is 449 g/mol. The Morgan fingerprint density at radius 2 is 2.00 bits per heavy atom. The lowest BCUT2D eigenvalue weighted by Crippen LogP contribution is -2.57. The van der Waals surface area contributed by atoms with E-state index in [1.54, 1.807) is 24.0 Å². The molecule has 0 bridgehead atoms. The molecule has 6 rings (SSSR count). The predicted molar refractivity (Wildman–Crippen MR) is 122 cm³/mol. The van der Waals surface area contributed by atoms with E-state index in [9.17, 15) is 4.39 Å². The molecule has 2 aliphatic heterocycles. The van der Waals surface area contributed by atoms with Gasteiger partial charge in [-0.2, -0.15) is 4.98 Å². The van der Waals surface area contributed by atoms with Crippen LogP contribution >= 0.6 is 0 Å². The molecule has 6 heterocycles. The summed E-state index contributed by atoms with van der Waals surface area (Å²) in [7, 11) is 1.80. The lowest BCUT2D eigenvalue weighted by Gasteiger charge is -2.42. The summed E-state index contributed by atoms with van der Waals surface area (Å²) >= 11 is 0. The zero-order valence-corrected chi connectivity index (χ0v) is 18.1. The summed E-state index contributed by atoms with van der Waals surface area (Å²) in [4.78, 5) is 20.1. The fourth-order valence-electron chi connectivity index (χ4n) is 4.49. The second-order valence-corrected chi connectivity index (χ2v) is 8.39. The van der Waals surface area contributed by atoms with Crippen LogP contribution in [-0.2, 0) is 4.74 Å². The minimum Gasteiger partial charge on any atom is -0.378 e. The number of pyridine rings is 1. The van der Waals surface area contributed by atoms with Crippen LogP contribution in [0.5, 0.6) is 0 Å². The summed E-state index contributed by atoms with van der Waals surface area (Å²) in [5.74, 6) is 1.02. The topological polar surface area (TPSA) is 105 Å². The van der Waals surface area contributed by atoms with Crippen LogP contribution in [0.25, 0.3) is 27.9 Å². The van der Waals surface area contributed by atoms with Gasteiger partial charge in [0.2, 0.25) is 5.95 Å². The van der Waals surface area contributed by atoms with Crippen molar-refractivity contribution in [2.24, 2.45) is 0 Å². The normalized spacial score (nSPS) is 21.9. The van der Waals surface area contributed by atoms with Gasteiger partial charge >= 0.3 is 0 Å². The molecule has 2 saturated heterocycles. The quantitative estimate of drug-likeness (QED) is 0.473. The number of piperidine rings is 1. The summed E-state index contributed by atoms with van der Waals surface area (Å²) in [6.07, 6.45) is 4.81. The summed E-state index contributed by atoms with van der Waals surface area (Å²) in [5.41, 5.74) is 3.72. The SMILES string of the molecule is CNc1nc(N[C@@H]2CCN(C3COC3)C[C@H]2F)nn2ccc(-c3ccc4nccnc4n3)c12. The highest BCUT2D eigenvalue weighted by atomic mass is 19.1. The molecule has 0 radical (unpaired) electrons. The molecule has 2 atom stereocenters. The Labute approximate surface area is 189 Å². The van der Waals surface area contributed by atoms with E-state index in [1.807, 2.05) is 24.4 Å². The molecule has 0 unspecified atom stereocenters. The van der Waals surface area contributed by atoms with E-state index < -0.39 is 6.17 Å². The first-order chi connectivity index (χ1) is 16.2. The van der Waals surface area contributed by atoms with Gasteiger partial charge in [-0.1, -0.05) is 0 Å². The smallest absolute Gasteiger partial charge is 0.243 e. The third-order valence-corrected chi connectivity index (χ3v) is 6.38. The Bertz CT molecular complexity index is 1310. The van der Waals surface area contributed by atoms with Gasteiger partial charge in [-0.05, 0) is 24.6 Å². The zero-order chi connectivity index (χ0) is 22.4. The van der Waals surface area contributed by atoms with E-state index in [4.69, 9.17) is 4.74 Å². The van der Waals surface area contributed by atoms with Crippen LogP contribution in [0.3, 0.4) is 0 Å². The first-order valence-electron chi connectivity index (χ1n) is 11.1. The third kappa shape index (κ3) is 3.62. The highest BCUT2D eigenvalue weighted by Crippen LogP contribution is 2.30. The van der Waals surface area contributed by atoms with E-state index in [1.165, 1.54) is 0 Å². The van der Waals surface area contributed by atoms with Gasteiger partial charge in [-0.3, -0.25) is 9.88 Å². The van der Waals surface area contributed by atoms with Crippen LogP contribution < -0.4 is 10.6 Å². The van der Waals surface area contributed by atoms with Crippen LogP contribution in [-0.4, -0.2) is 86.1 Å². The number of rotatable bonds is 5. The number of ether oxygens (including phenoxy) is 1. The molecular weight excluding hydrogens is 425 g/mol. The first kappa shape index (κ1) is 20.2.